The molecule has 0 saturated heterocycles. The second-order valence-corrected chi connectivity index (χ2v) is 5.21. The topological polar surface area (TPSA) is 67.6 Å². The van der Waals surface area contributed by atoms with Gasteiger partial charge in [-0.2, -0.15) is 5.26 Å². The number of hydrogen-bond acceptors (Lipinski definition) is 3. The molecule has 2 rings (SSSR count). The number of aromatic nitrogens is 2. The van der Waals surface area contributed by atoms with Crippen LogP contribution in [0.25, 0.3) is 11.3 Å². The summed E-state index contributed by atoms with van der Waals surface area (Å²) in [5, 5.41) is 8.91. The summed E-state index contributed by atoms with van der Waals surface area (Å²) >= 11 is 0. The van der Waals surface area contributed by atoms with Gasteiger partial charge in [-0.3, -0.25) is 0 Å². The lowest BCUT2D eigenvalue weighted by molar-refractivity contribution is 0.402. The van der Waals surface area contributed by atoms with Crippen molar-refractivity contribution >= 4 is 5.82 Å². The van der Waals surface area contributed by atoms with Crippen LogP contribution in [-0.2, 0) is 5.54 Å². The van der Waals surface area contributed by atoms with E-state index in [1.807, 2.05) is 16.7 Å². The molecule has 0 unspecified atom stereocenters. The molecule has 0 aliphatic carbocycles. The highest BCUT2D eigenvalue weighted by Crippen LogP contribution is 2.28. The molecule has 92 valence electrons. The van der Waals surface area contributed by atoms with E-state index in [9.17, 15) is 0 Å². The van der Waals surface area contributed by atoms with Crippen molar-refractivity contribution in [3.8, 4) is 17.3 Å². The van der Waals surface area contributed by atoms with Gasteiger partial charge in [-0.25, -0.2) is 4.98 Å². The highest BCUT2D eigenvalue weighted by atomic mass is 15.2. The quantitative estimate of drug-likeness (QED) is 0.833. The maximum Gasteiger partial charge on any atom is 0.132 e. The van der Waals surface area contributed by atoms with Crippen LogP contribution >= 0.6 is 0 Å². The summed E-state index contributed by atoms with van der Waals surface area (Å²) < 4.78 is 1.93. The Bertz CT molecular complexity index is 611. The molecule has 0 amide bonds. The molecule has 0 spiro atoms. The Morgan fingerprint density at radius 3 is 2.61 bits per heavy atom. The van der Waals surface area contributed by atoms with E-state index < -0.39 is 0 Å². The molecule has 0 saturated carbocycles. The first kappa shape index (κ1) is 12.2. The molecule has 0 aliphatic rings. The van der Waals surface area contributed by atoms with E-state index in [1.54, 1.807) is 18.5 Å². The number of nitrogens with two attached hydrogens (primary N) is 1. The maximum absolute atomic E-state index is 8.91. The summed E-state index contributed by atoms with van der Waals surface area (Å²) in [7, 11) is 0. The molecule has 0 radical (unpaired) electrons. The van der Waals surface area contributed by atoms with Gasteiger partial charge in [0.1, 0.15) is 11.5 Å². The van der Waals surface area contributed by atoms with Gasteiger partial charge in [-0.05, 0) is 32.9 Å². The standard InChI is InChI=1S/C14H16N4/c1-14(2,3)18-9-17-12(13(18)16)11-6-4-5-10(7-11)8-15/h4-7,9H,16H2,1-3H3. The fourth-order valence-electron chi connectivity index (χ4n) is 1.85. The fraction of sp³-hybridized carbons (Fsp3) is 0.286. The summed E-state index contributed by atoms with van der Waals surface area (Å²) in [5.41, 5.74) is 8.22. The number of anilines is 1. The summed E-state index contributed by atoms with van der Waals surface area (Å²) in [6.07, 6.45) is 1.74. The Hall–Kier alpha value is -2.28. The van der Waals surface area contributed by atoms with Crippen LogP contribution in [0.5, 0.6) is 0 Å². The average Bonchev–Trinajstić information content (AvgIpc) is 2.71. The van der Waals surface area contributed by atoms with Crippen molar-refractivity contribution in [1.29, 1.82) is 5.26 Å². The van der Waals surface area contributed by atoms with Crippen molar-refractivity contribution in [2.75, 3.05) is 5.73 Å². The van der Waals surface area contributed by atoms with Crippen LogP contribution in [0.2, 0.25) is 0 Å². The lowest BCUT2D eigenvalue weighted by Gasteiger charge is -2.22. The Balaban J connectivity index is 2.53. The summed E-state index contributed by atoms with van der Waals surface area (Å²) in [5.74, 6) is 0.623. The maximum atomic E-state index is 8.91. The van der Waals surface area contributed by atoms with Gasteiger partial charge in [0.05, 0.1) is 18.0 Å². The number of nitriles is 1. The van der Waals surface area contributed by atoms with E-state index in [-0.39, 0.29) is 5.54 Å². The molecule has 4 nitrogen and oxygen atoms in total. The molecule has 1 aromatic carbocycles. The first-order valence-corrected chi connectivity index (χ1v) is 5.77. The van der Waals surface area contributed by atoms with Crippen LogP contribution in [0.1, 0.15) is 26.3 Å². The van der Waals surface area contributed by atoms with Crippen molar-refractivity contribution in [1.82, 2.24) is 9.55 Å². The van der Waals surface area contributed by atoms with Crippen molar-refractivity contribution in [2.45, 2.75) is 26.3 Å². The molecule has 18 heavy (non-hydrogen) atoms. The molecule has 1 heterocycles. The van der Waals surface area contributed by atoms with Crippen LogP contribution in [0.15, 0.2) is 30.6 Å². The van der Waals surface area contributed by atoms with E-state index >= 15 is 0 Å². The highest BCUT2D eigenvalue weighted by Gasteiger charge is 2.19. The second kappa shape index (κ2) is 4.19. The van der Waals surface area contributed by atoms with Crippen LogP contribution in [0.3, 0.4) is 0 Å². The zero-order chi connectivity index (χ0) is 13.3. The largest absolute Gasteiger partial charge is 0.383 e. The monoisotopic (exact) mass is 240 g/mol. The first-order valence-electron chi connectivity index (χ1n) is 5.77. The van der Waals surface area contributed by atoms with Crippen molar-refractivity contribution in [2.24, 2.45) is 0 Å². The van der Waals surface area contributed by atoms with Gasteiger partial charge < -0.3 is 10.3 Å². The number of benzene rings is 1. The van der Waals surface area contributed by atoms with E-state index in [4.69, 9.17) is 11.0 Å². The average molecular weight is 240 g/mol. The van der Waals surface area contributed by atoms with Crippen molar-refractivity contribution < 1.29 is 0 Å². The van der Waals surface area contributed by atoms with E-state index in [2.05, 4.69) is 31.8 Å². The summed E-state index contributed by atoms with van der Waals surface area (Å²) in [4.78, 5) is 4.36. The number of nitrogens with zero attached hydrogens (tertiary/aromatic N) is 3. The third-order valence-corrected chi connectivity index (χ3v) is 2.79. The Morgan fingerprint density at radius 1 is 1.33 bits per heavy atom. The number of hydrogen-bond donors (Lipinski definition) is 1. The Labute approximate surface area is 107 Å². The minimum atomic E-state index is -0.109. The number of nitrogen functional groups attached to an aromatic ring is 1. The molecule has 0 aliphatic heterocycles. The zero-order valence-electron chi connectivity index (χ0n) is 10.8. The predicted octanol–water partition coefficient (Wildman–Crippen LogP) is 2.76. The van der Waals surface area contributed by atoms with Gasteiger partial charge >= 0.3 is 0 Å². The zero-order valence-corrected chi connectivity index (χ0v) is 10.8. The van der Waals surface area contributed by atoms with Gasteiger partial charge in [-0.15, -0.1) is 0 Å². The van der Waals surface area contributed by atoms with Gasteiger partial charge in [0, 0.05) is 11.1 Å². The normalized spacial score (nSPS) is 11.2. The van der Waals surface area contributed by atoms with Crippen LogP contribution < -0.4 is 5.73 Å². The fourth-order valence-corrected chi connectivity index (χ4v) is 1.85. The third-order valence-electron chi connectivity index (χ3n) is 2.79. The van der Waals surface area contributed by atoms with Crippen LogP contribution in [0.4, 0.5) is 5.82 Å². The first-order chi connectivity index (χ1) is 8.43. The van der Waals surface area contributed by atoms with Crippen molar-refractivity contribution in [3.63, 3.8) is 0 Å². The summed E-state index contributed by atoms with van der Waals surface area (Å²) in [6, 6.07) is 9.43. The molecule has 0 atom stereocenters. The van der Waals surface area contributed by atoms with Crippen LogP contribution in [-0.4, -0.2) is 9.55 Å². The summed E-state index contributed by atoms with van der Waals surface area (Å²) in [6.45, 7) is 6.21. The second-order valence-electron chi connectivity index (χ2n) is 5.21. The molecule has 0 bridgehead atoms. The van der Waals surface area contributed by atoms with Gasteiger partial charge in [-0.1, -0.05) is 12.1 Å². The molecule has 1 aromatic heterocycles. The SMILES string of the molecule is CC(C)(C)n1cnc(-c2cccc(C#N)c2)c1N. The lowest BCUT2D eigenvalue weighted by Crippen LogP contribution is -2.22. The highest BCUT2D eigenvalue weighted by molar-refractivity contribution is 5.71. The van der Waals surface area contributed by atoms with E-state index in [0.717, 1.165) is 11.3 Å². The van der Waals surface area contributed by atoms with Crippen LogP contribution in [0, 0.1) is 11.3 Å². The predicted molar refractivity (Wildman–Crippen MR) is 71.8 cm³/mol. The van der Waals surface area contributed by atoms with Gasteiger partial charge in [0.15, 0.2) is 0 Å². The molecular formula is C14H16N4. The third kappa shape index (κ3) is 2.07. The molecule has 0 fully saturated rings. The number of imidazole rings is 1. The minimum Gasteiger partial charge on any atom is -0.383 e. The molecule has 2 N–H and O–H groups in total. The van der Waals surface area contributed by atoms with Gasteiger partial charge in [0.25, 0.3) is 0 Å². The van der Waals surface area contributed by atoms with Gasteiger partial charge in [0.2, 0.25) is 0 Å². The molecule has 4 heteroatoms. The molecule has 2 aromatic rings. The van der Waals surface area contributed by atoms with Crippen molar-refractivity contribution in [3.05, 3.63) is 36.2 Å². The Morgan fingerprint density at radius 2 is 2.06 bits per heavy atom. The number of rotatable bonds is 1. The molecular weight excluding hydrogens is 224 g/mol. The lowest BCUT2D eigenvalue weighted by atomic mass is 10.1. The van der Waals surface area contributed by atoms with E-state index in [0.29, 0.717) is 11.4 Å². The minimum absolute atomic E-state index is 0.109. The van der Waals surface area contributed by atoms with E-state index in [1.165, 1.54) is 0 Å². The Kier molecular flexibility index (Phi) is 2.84. The smallest absolute Gasteiger partial charge is 0.132 e.